The van der Waals surface area contributed by atoms with Crippen LogP contribution < -0.4 is 0 Å². The molecule has 0 aliphatic carbocycles. The van der Waals surface area contributed by atoms with Crippen molar-refractivity contribution >= 4 is 17.9 Å². The standard InChI is InChI=1S/C69H122O6/c1-4-7-10-13-16-19-22-24-26-28-30-31-32-33-34-35-36-37-39-40-42-44-47-50-53-56-59-62-68(71)74-65-66(64-73-67(70)61-58-55-52-49-46-21-18-15-12-9-6-3)75-69(72)63-60-57-54-51-48-45-43-41-38-29-27-25-23-20-17-14-11-8-5-2/h7,10,16,19,24-27,30-31,33-34,66H,4-6,8-9,11-15,17-18,20-23,28-29,32,35-65H2,1-3H3/b10-7-,19-16-,26-24-,27-25-,31-30-,34-33-. The summed E-state index contributed by atoms with van der Waals surface area (Å²) in [5.41, 5.74) is 0. The van der Waals surface area contributed by atoms with E-state index in [0.29, 0.717) is 19.3 Å². The summed E-state index contributed by atoms with van der Waals surface area (Å²) in [5, 5.41) is 0. The van der Waals surface area contributed by atoms with Crippen LogP contribution in [0.3, 0.4) is 0 Å². The molecule has 0 rings (SSSR count). The highest BCUT2D eigenvalue weighted by Crippen LogP contribution is 2.17. The molecule has 6 heteroatoms. The van der Waals surface area contributed by atoms with Gasteiger partial charge in [-0.25, -0.2) is 0 Å². The number of hydrogen-bond donors (Lipinski definition) is 0. The van der Waals surface area contributed by atoms with Crippen LogP contribution in [0.5, 0.6) is 0 Å². The Morgan fingerprint density at radius 1 is 0.280 bits per heavy atom. The molecule has 0 spiro atoms. The predicted octanol–water partition coefficient (Wildman–Crippen LogP) is 22.1. The number of hydrogen-bond acceptors (Lipinski definition) is 6. The van der Waals surface area contributed by atoms with Crippen molar-refractivity contribution in [1.29, 1.82) is 0 Å². The normalized spacial score (nSPS) is 12.5. The summed E-state index contributed by atoms with van der Waals surface area (Å²) in [6.07, 6.45) is 82.0. The van der Waals surface area contributed by atoms with Crippen molar-refractivity contribution in [2.45, 2.75) is 335 Å². The van der Waals surface area contributed by atoms with Crippen molar-refractivity contribution in [2.24, 2.45) is 0 Å². The average molecular weight is 1050 g/mol. The van der Waals surface area contributed by atoms with E-state index < -0.39 is 6.10 Å². The zero-order valence-corrected chi connectivity index (χ0v) is 49.8. The number of carbonyl (C=O) groups is 3. The second kappa shape index (κ2) is 63.4. The Bertz CT molecular complexity index is 1390. The lowest BCUT2D eigenvalue weighted by Gasteiger charge is -2.18. The maximum atomic E-state index is 12.9. The van der Waals surface area contributed by atoms with Gasteiger partial charge < -0.3 is 14.2 Å². The van der Waals surface area contributed by atoms with Gasteiger partial charge in [-0.15, -0.1) is 0 Å². The first kappa shape index (κ1) is 71.8. The number of ether oxygens (including phenoxy) is 3. The minimum Gasteiger partial charge on any atom is -0.462 e. The summed E-state index contributed by atoms with van der Waals surface area (Å²) in [6.45, 7) is 6.55. The largest absolute Gasteiger partial charge is 0.462 e. The van der Waals surface area contributed by atoms with Crippen LogP contribution >= 0.6 is 0 Å². The van der Waals surface area contributed by atoms with E-state index in [-0.39, 0.29) is 31.1 Å². The third kappa shape index (κ3) is 61.6. The summed E-state index contributed by atoms with van der Waals surface area (Å²) in [7, 11) is 0. The number of rotatable bonds is 59. The van der Waals surface area contributed by atoms with Crippen LogP contribution in [0.1, 0.15) is 329 Å². The second-order valence-electron chi connectivity index (χ2n) is 21.6. The fraction of sp³-hybridized carbons (Fsp3) is 0.783. The van der Waals surface area contributed by atoms with Crippen molar-refractivity contribution < 1.29 is 28.6 Å². The van der Waals surface area contributed by atoms with E-state index in [4.69, 9.17) is 14.2 Å². The second-order valence-corrected chi connectivity index (χ2v) is 21.6. The van der Waals surface area contributed by atoms with E-state index >= 15 is 0 Å². The molecule has 0 aromatic rings. The average Bonchev–Trinajstić information content (AvgIpc) is 3.41. The molecule has 434 valence electrons. The van der Waals surface area contributed by atoms with E-state index in [2.05, 4.69) is 93.7 Å². The van der Waals surface area contributed by atoms with Gasteiger partial charge >= 0.3 is 17.9 Å². The Hall–Kier alpha value is -3.15. The first-order valence-electron chi connectivity index (χ1n) is 32.4. The number of carbonyl (C=O) groups excluding carboxylic acids is 3. The molecule has 75 heavy (non-hydrogen) atoms. The molecule has 1 atom stereocenters. The highest BCUT2D eigenvalue weighted by atomic mass is 16.6. The molecule has 0 aliphatic rings. The lowest BCUT2D eigenvalue weighted by Crippen LogP contribution is -2.30. The molecule has 1 unspecified atom stereocenters. The number of unbranched alkanes of at least 4 members (excludes halogenated alkanes) is 36. The maximum Gasteiger partial charge on any atom is 0.306 e. The van der Waals surface area contributed by atoms with Gasteiger partial charge in [-0.3, -0.25) is 14.4 Å². The van der Waals surface area contributed by atoms with Gasteiger partial charge in [0.25, 0.3) is 0 Å². The number of allylic oxidation sites excluding steroid dienone is 12. The molecule has 0 N–H and O–H groups in total. The van der Waals surface area contributed by atoms with Crippen LogP contribution in [0.2, 0.25) is 0 Å². The highest BCUT2D eigenvalue weighted by Gasteiger charge is 2.19. The molecular formula is C69H122O6. The molecule has 0 heterocycles. The van der Waals surface area contributed by atoms with Crippen LogP contribution in [-0.4, -0.2) is 37.2 Å². The van der Waals surface area contributed by atoms with Crippen molar-refractivity contribution in [1.82, 2.24) is 0 Å². The Labute approximate surface area is 465 Å². The van der Waals surface area contributed by atoms with Gasteiger partial charge in [-0.1, -0.05) is 293 Å². The Balaban J connectivity index is 4.24. The van der Waals surface area contributed by atoms with Crippen LogP contribution in [0, 0.1) is 0 Å². The summed E-state index contributed by atoms with van der Waals surface area (Å²) >= 11 is 0. The molecule has 6 nitrogen and oxygen atoms in total. The molecule has 0 aliphatic heterocycles. The minimum atomic E-state index is -0.776. The van der Waals surface area contributed by atoms with Gasteiger partial charge in [0.05, 0.1) is 0 Å². The zero-order chi connectivity index (χ0) is 54.3. The van der Waals surface area contributed by atoms with Gasteiger partial charge in [0.15, 0.2) is 6.10 Å². The van der Waals surface area contributed by atoms with Crippen molar-refractivity contribution in [3.8, 4) is 0 Å². The lowest BCUT2D eigenvalue weighted by molar-refractivity contribution is -0.167. The van der Waals surface area contributed by atoms with E-state index in [1.807, 2.05) is 0 Å². The third-order valence-corrected chi connectivity index (χ3v) is 14.2. The molecule has 0 bridgehead atoms. The predicted molar refractivity (Wildman–Crippen MR) is 325 cm³/mol. The first-order chi connectivity index (χ1) is 37.0. The molecule has 0 amide bonds. The molecule has 0 fully saturated rings. The van der Waals surface area contributed by atoms with E-state index in [9.17, 15) is 14.4 Å². The monoisotopic (exact) mass is 1050 g/mol. The van der Waals surface area contributed by atoms with Crippen LogP contribution in [-0.2, 0) is 28.6 Å². The van der Waals surface area contributed by atoms with Gasteiger partial charge in [-0.2, -0.15) is 0 Å². The Morgan fingerprint density at radius 2 is 0.520 bits per heavy atom. The van der Waals surface area contributed by atoms with E-state index in [0.717, 1.165) is 89.9 Å². The fourth-order valence-corrected chi connectivity index (χ4v) is 9.35. The molecule has 0 aromatic heterocycles. The van der Waals surface area contributed by atoms with Crippen molar-refractivity contribution in [3.63, 3.8) is 0 Å². The van der Waals surface area contributed by atoms with Gasteiger partial charge in [0.1, 0.15) is 13.2 Å². The maximum absolute atomic E-state index is 12.9. The fourth-order valence-electron chi connectivity index (χ4n) is 9.35. The van der Waals surface area contributed by atoms with Crippen molar-refractivity contribution in [3.05, 3.63) is 72.9 Å². The Morgan fingerprint density at radius 3 is 0.827 bits per heavy atom. The smallest absolute Gasteiger partial charge is 0.306 e. The summed E-state index contributed by atoms with van der Waals surface area (Å²) < 4.78 is 16.9. The highest BCUT2D eigenvalue weighted by molar-refractivity contribution is 5.71. The molecule has 0 saturated heterocycles. The number of esters is 3. The molecule has 0 saturated carbocycles. The zero-order valence-electron chi connectivity index (χ0n) is 49.8. The quantitative estimate of drug-likeness (QED) is 0.0261. The minimum absolute atomic E-state index is 0.0729. The van der Waals surface area contributed by atoms with Gasteiger partial charge in [-0.05, 0) is 89.9 Å². The lowest BCUT2D eigenvalue weighted by atomic mass is 10.0. The first-order valence-corrected chi connectivity index (χ1v) is 32.4. The SMILES string of the molecule is CC/C=C\C/C=C\C/C=C\C/C=C\C/C=C\CCCCCCCCCCCCCC(=O)OCC(COC(=O)CCCCCCCCCCCCC)OC(=O)CCCCCCCCCCC/C=C\CCCCCCCC. The summed E-state index contributed by atoms with van der Waals surface area (Å²) in [4.78, 5) is 38.3. The molecular weight excluding hydrogens is 925 g/mol. The van der Waals surface area contributed by atoms with Crippen LogP contribution in [0.15, 0.2) is 72.9 Å². The van der Waals surface area contributed by atoms with E-state index in [1.54, 1.807) is 0 Å². The Kier molecular flexibility index (Phi) is 60.7. The van der Waals surface area contributed by atoms with Gasteiger partial charge in [0.2, 0.25) is 0 Å². The summed E-state index contributed by atoms with van der Waals surface area (Å²) in [6, 6.07) is 0. The molecule has 0 radical (unpaired) electrons. The van der Waals surface area contributed by atoms with Crippen molar-refractivity contribution in [2.75, 3.05) is 13.2 Å². The summed E-state index contributed by atoms with van der Waals surface area (Å²) in [5.74, 6) is -0.863. The third-order valence-electron chi connectivity index (χ3n) is 14.2. The van der Waals surface area contributed by atoms with Crippen LogP contribution in [0.25, 0.3) is 0 Å². The topological polar surface area (TPSA) is 78.9 Å². The van der Waals surface area contributed by atoms with Gasteiger partial charge in [0, 0.05) is 19.3 Å². The molecule has 0 aromatic carbocycles. The van der Waals surface area contributed by atoms with E-state index in [1.165, 1.54) is 199 Å². The van der Waals surface area contributed by atoms with Crippen LogP contribution in [0.4, 0.5) is 0 Å².